The SMILES string of the molecule is CN(C)CCCN1c2ccccc2CCc2ccccc21.Cc1ccc(S(=O)(=O)O)cc1. The fourth-order valence-electron chi connectivity index (χ4n) is 3.87. The molecular weight excluding hydrogens is 420 g/mol. The second-order valence-electron chi connectivity index (χ2n) is 8.35. The average Bonchev–Trinajstić information content (AvgIpc) is 2.91. The van der Waals surface area contributed by atoms with E-state index in [1.807, 2.05) is 6.92 Å². The molecule has 0 fully saturated rings. The minimum atomic E-state index is -4.02. The summed E-state index contributed by atoms with van der Waals surface area (Å²) in [5.74, 6) is 0. The Hall–Kier alpha value is -2.67. The molecule has 0 amide bonds. The van der Waals surface area contributed by atoms with Crippen LogP contribution in [0.4, 0.5) is 11.4 Å². The molecule has 170 valence electrons. The van der Waals surface area contributed by atoms with Gasteiger partial charge in [-0.25, -0.2) is 0 Å². The first-order valence-corrected chi connectivity index (χ1v) is 12.3. The minimum Gasteiger partial charge on any atom is -0.341 e. The van der Waals surface area contributed by atoms with E-state index in [2.05, 4.69) is 72.4 Å². The van der Waals surface area contributed by atoms with Crippen LogP contribution in [0.15, 0.2) is 77.7 Å². The Morgan fingerprint density at radius 1 is 0.844 bits per heavy atom. The molecule has 0 spiro atoms. The molecule has 0 unspecified atom stereocenters. The first-order valence-electron chi connectivity index (χ1n) is 10.9. The molecule has 0 radical (unpaired) electrons. The van der Waals surface area contributed by atoms with Gasteiger partial charge in [0.15, 0.2) is 0 Å². The number of rotatable bonds is 5. The van der Waals surface area contributed by atoms with Gasteiger partial charge in [-0.3, -0.25) is 4.55 Å². The van der Waals surface area contributed by atoms with Gasteiger partial charge in [0.25, 0.3) is 10.1 Å². The molecule has 0 saturated heterocycles. The van der Waals surface area contributed by atoms with Gasteiger partial charge in [0.2, 0.25) is 0 Å². The molecule has 1 aliphatic heterocycles. The summed E-state index contributed by atoms with van der Waals surface area (Å²) < 4.78 is 29.6. The molecule has 4 rings (SSSR count). The lowest BCUT2D eigenvalue weighted by molar-refractivity contribution is 0.402. The fourth-order valence-corrected chi connectivity index (χ4v) is 4.35. The highest BCUT2D eigenvalue weighted by atomic mass is 32.2. The zero-order valence-corrected chi connectivity index (χ0v) is 19.8. The van der Waals surface area contributed by atoms with Crippen LogP contribution >= 0.6 is 0 Å². The summed E-state index contributed by atoms with van der Waals surface area (Å²) in [5.41, 5.74) is 6.68. The van der Waals surface area contributed by atoms with Crippen LogP contribution in [0.1, 0.15) is 23.1 Å². The van der Waals surface area contributed by atoms with Crippen molar-refractivity contribution in [2.24, 2.45) is 0 Å². The van der Waals surface area contributed by atoms with E-state index in [-0.39, 0.29) is 4.90 Å². The van der Waals surface area contributed by atoms with Gasteiger partial charge in [-0.1, -0.05) is 54.1 Å². The standard InChI is InChI=1S/C19H24N2.C7H8O3S/c1-20(2)14-7-15-21-18-10-5-3-8-16(18)12-13-17-9-4-6-11-19(17)21;1-6-2-4-7(5-3-6)11(8,9)10/h3-6,8-11H,7,12-15H2,1-2H3;2-5H,1H3,(H,8,9,10). The molecule has 1 heterocycles. The van der Waals surface area contributed by atoms with E-state index in [1.54, 1.807) is 12.1 Å². The van der Waals surface area contributed by atoms with E-state index in [0.717, 1.165) is 31.5 Å². The lowest BCUT2D eigenvalue weighted by Gasteiger charge is -2.27. The Bertz CT molecular complexity index is 1080. The number of nitrogens with zero attached hydrogens (tertiary/aromatic N) is 2. The summed E-state index contributed by atoms with van der Waals surface area (Å²) in [6.45, 7) is 4.04. The van der Waals surface area contributed by atoms with Gasteiger partial charge < -0.3 is 9.80 Å². The van der Waals surface area contributed by atoms with E-state index < -0.39 is 10.1 Å². The van der Waals surface area contributed by atoms with Crippen molar-refractivity contribution in [2.45, 2.75) is 31.1 Å². The number of hydrogen-bond acceptors (Lipinski definition) is 4. The zero-order chi connectivity index (χ0) is 23.1. The second kappa shape index (κ2) is 10.8. The van der Waals surface area contributed by atoms with Crippen molar-refractivity contribution in [3.05, 3.63) is 89.5 Å². The van der Waals surface area contributed by atoms with Crippen molar-refractivity contribution >= 4 is 21.5 Å². The van der Waals surface area contributed by atoms with Gasteiger partial charge in [0.05, 0.1) is 4.90 Å². The van der Waals surface area contributed by atoms with Crippen LogP contribution in [-0.2, 0) is 23.0 Å². The van der Waals surface area contributed by atoms with Crippen LogP contribution in [0.3, 0.4) is 0 Å². The van der Waals surface area contributed by atoms with Crippen LogP contribution in [0.5, 0.6) is 0 Å². The number of para-hydroxylation sites is 2. The molecular formula is C26H32N2O3S. The third-order valence-corrected chi connectivity index (χ3v) is 6.40. The van der Waals surface area contributed by atoms with Crippen molar-refractivity contribution < 1.29 is 13.0 Å². The molecule has 6 heteroatoms. The van der Waals surface area contributed by atoms with Crippen molar-refractivity contribution in [3.8, 4) is 0 Å². The molecule has 0 atom stereocenters. The molecule has 0 saturated carbocycles. The summed E-state index contributed by atoms with van der Waals surface area (Å²) in [4.78, 5) is 4.71. The largest absolute Gasteiger partial charge is 0.341 e. The Morgan fingerprint density at radius 3 is 1.81 bits per heavy atom. The maximum absolute atomic E-state index is 10.5. The van der Waals surface area contributed by atoms with Crippen LogP contribution in [0.2, 0.25) is 0 Å². The normalized spacial score (nSPS) is 13.0. The van der Waals surface area contributed by atoms with Gasteiger partial charge in [0, 0.05) is 17.9 Å². The zero-order valence-electron chi connectivity index (χ0n) is 19.0. The van der Waals surface area contributed by atoms with Crippen molar-refractivity contribution in [1.82, 2.24) is 4.90 Å². The summed E-state index contributed by atoms with van der Waals surface area (Å²) in [6, 6.07) is 23.7. The monoisotopic (exact) mass is 452 g/mol. The van der Waals surface area contributed by atoms with E-state index in [1.165, 1.54) is 41.1 Å². The maximum atomic E-state index is 10.5. The van der Waals surface area contributed by atoms with Gasteiger partial charge in [-0.2, -0.15) is 8.42 Å². The Morgan fingerprint density at radius 2 is 1.34 bits per heavy atom. The average molecular weight is 453 g/mol. The van der Waals surface area contributed by atoms with Crippen molar-refractivity contribution in [2.75, 3.05) is 32.1 Å². The van der Waals surface area contributed by atoms with Crippen molar-refractivity contribution in [3.63, 3.8) is 0 Å². The molecule has 3 aromatic carbocycles. The summed E-state index contributed by atoms with van der Waals surface area (Å²) in [7, 11) is 0.267. The number of hydrogen-bond donors (Lipinski definition) is 1. The third-order valence-electron chi connectivity index (χ3n) is 5.53. The Labute approximate surface area is 192 Å². The number of benzene rings is 3. The molecule has 32 heavy (non-hydrogen) atoms. The quantitative estimate of drug-likeness (QED) is 0.545. The molecule has 1 N–H and O–H groups in total. The molecule has 5 nitrogen and oxygen atoms in total. The highest BCUT2D eigenvalue weighted by Gasteiger charge is 2.19. The van der Waals surface area contributed by atoms with E-state index in [9.17, 15) is 8.42 Å². The molecule has 0 bridgehead atoms. The second-order valence-corrected chi connectivity index (χ2v) is 9.78. The van der Waals surface area contributed by atoms with Gasteiger partial charge in [-0.05, 0) is 82.2 Å². The predicted octanol–water partition coefficient (Wildman–Crippen LogP) is 5.12. The van der Waals surface area contributed by atoms with Gasteiger partial charge in [0.1, 0.15) is 0 Å². The third kappa shape index (κ3) is 6.42. The van der Waals surface area contributed by atoms with Crippen LogP contribution in [0, 0.1) is 6.92 Å². The lowest BCUT2D eigenvalue weighted by Crippen LogP contribution is -2.23. The van der Waals surface area contributed by atoms with E-state index in [4.69, 9.17) is 4.55 Å². The number of fused-ring (bicyclic) bond motifs is 2. The van der Waals surface area contributed by atoms with Crippen LogP contribution < -0.4 is 4.90 Å². The van der Waals surface area contributed by atoms with Crippen molar-refractivity contribution in [1.29, 1.82) is 0 Å². The summed E-state index contributed by atoms with van der Waals surface area (Å²) in [5, 5.41) is 0. The maximum Gasteiger partial charge on any atom is 0.294 e. The fraction of sp³-hybridized carbons (Fsp3) is 0.308. The molecule has 1 aliphatic rings. The Kier molecular flexibility index (Phi) is 8.07. The van der Waals surface area contributed by atoms with Gasteiger partial charge in [-0.15, -0.1) is 0 Å². The van der Waals surface area contributed by atoms with E-state index >= 15 is 0 Å². The summed E-state index contributed by atoms with van der Waals surface area (Å²) >= 11 is 0. The highest BCUT2D eigenvalue weighted by molar-refractivity contribution is 7.85. The molecule has 3 aromatic rings. The Balaban J connectivity index is 0.000000222. The van der Waals surface area contributed by atoms with Crippen LogP contribution in [0.25, 0.3) is 0 Å². The summed E-state index contributed by atoms with van der Waals surface area (Å²) in [6.07, 6.45) is 3.45. The highest BCUT2D eigenvalue weighted by Crippen LogP contribution is 2.35. The first-order chi connectivity index (χ1) is 15.3. The smallest absolute Gasteiger partial charge is 0.294 e. The molecule has 0 aliphatic carbocycles. The number of aryl methyl sites for hydroxylation is 3. The van der Waals surface area contributed by atoms with E-state index in [0.29, 0.717) is 0 Å². The topological polar surface area (TPSA) is 60.9 Å². The first kappa shape index (κ1) is 24.0. The number of anilines is 2. The minimum absolute atomic E-state index is 0.0666. The van der Waals surface area contributed by atoms with Gasteiger partial charge >= 0.3 is 0 Å². The lowest BCUT2D eigenvalue weighted by atomic mass is 10.0. The predicted molar refractivity (Wildman–Crippen MR) is 131 cm³/mol. The van der Waals surface area contributed by atoms with Crippen LogP contribution in [-0.4, -0.2) is 45.1 Å². The molecule has 0 aromatic heterocycles.